The van der Waals surface area contributed by atoms with E-state index in [1.54, 1.807) is 60.7 Å². The Hall–Kier alpha value is -3.26. The summed E-state index contributed by atoms with van der Waals surface area (Å²) in [6.07, 6.45) is 0.741. The van der Waals surface area contributed by atoms with Crippen molar-refractivity contribution in [1.82, 2.24) is 0 Å². The van der Waals surface area contributed by atoms with Crippen LogP contribution in [0, 0.1) is 0 Å². The third kappa shape index (κ3) is 5.57. The number of aliphatic hydroxyl groups is 2. The lowest BCUT2D eigenvalue weighted by Crippen LogP contribution is -2.44. The van der Waals surface area contributed by atoms with Crippen LogP contribution in [0.2, 0.25) is 0 Å². The first-order valence-corrected chi connectivity index (χ1v) is 10.9. The summed E-state index contributed by atoms with van der Waals surface area (Å²) in [6, 6.07) is 17.9. The van der Waals surface area contributed by atoms with Crippen molar-refractivity contribution in [3.05, 3.63) is 96.1 Å². The Morgan fingerprint density at radius 1 is 0.758 bits per heavy atom. The maximum atomic E-state index is 11.9. The van der Waals surface area contributed by atoms with E-state index in [1.165, 1.54) is 12.2 Å². The molecule has 2 aliphatic heterocycles. The molecular formula is C26H26O7. The van der Waals surface area contributed by atoms with Crippen LogP contribution in [0.3, 0.4) is 0 Å². The minimum atomic E-state index is -1.22. The van der Waals surface area contributed by atoms with Crippen molar-refractivity contribution in [2.45, 2.75) is 49.5 Å². The molecule has 0 fully saturated rings. The van der Waals surface area contributed by atoms with E-state index in [0.717, 1.165) is 0 Å². The van der Waals surface area contributed by atoms with Gasteiger partial charge in [-0.15, -0.1) is 0 Å². The summed E-state index contributed by atoms with van der Waals surface area (Å²) in [4.78, 5) is 23.7. The van der Waals surface area contributed by atoms with Crippen molar-refractivity contribution >= 4 is 11.9 Å². The first kappa shape index (κ1) is 22.9. The third-order valence-corrected chi connectivity index (χ3v) is 5.72. The van der Waals surface area contributed by atoms with Crippen LogP contribution in [0.1, 0.15) is 36.2 Å². The fraction of sp³-hybridized carbons (Fsp3) is 0.308. The first-order chi connectivity index (χ1) is 16.0. The zero-order valence-electron chi connectivity index (χ0n) is 17.9. The van der Waals surface area contributed by atoms with Gasteiger partial charge in [0.25, 0.3) is 0 Å². The van der Waals surface area contributed by atoms with Gasteiger partial charge in [0.05, 0.1) is 0 Å². The Balaban J connectivity index is 1.67. The van der Waals surface area contributed by atoms with Gasteiger partial charge >= 0.3 is 11.9 Å². The maximum Gasteiger partial charge on any atom is 0.330 e. The lowest BCUT2D eigenvalue weighted by molar-refractivity contribution is -0.194. The second-order valence-corrected chi connectivity index (χ2v) is 8.00. The second-order valence-electron chi connectivity index (χ2n) is 8.00. The van der Waals surface area contributed by atoms with E-state index in [1.807, 2.05) is 12.1 Å². The summed E-state index contributed by atoms with van der Waals surface area (Å²) >= 11 is 0. The van der Waals surface area contributed by atoms with Gasteiger partial charge < -0.3 is 24.4 Å². The fourth-order valence-electron chi connectivity index (χ4n) is 4.05. The highest BCUT2D eigenvalue weighted by Gasteiger charge is 2.40. The molecule has 7 nitrogen and oxygen atoms in total. The molecule has 2 heterocycles. The molecule has 0 unspecified atom stereocenters. The molecule has 33 heavy (non-hydrogen) atoms. The molecule has 0 aliphatic carbocycles. The zero-order valence-corrected chi connectivity index (χ0v) is 17.9. The van der Waals surface area contributed by atoms with E-state index >= 15 is 0 Å². The van der Waals surface area contributed by atoms with Crippen LogP contribution in [0.4, 0.5) is 0 Å². The van der Waals surface area contributed by atoms with Crippen LogP contribution in [0.25, 0.3) is 0 Å². The van der Waals surface area contributed by atoms with Crippen molar-refractivity contribution in [2.75, 3.05) is 0 Å². The zero-order chi connectivity index (χ0) is 23.2. The monoisotopic (exact) mass is 450 g/mol. The second kappa shape index (κ2) is 10.6. The van der Waals surface area contributed by atoms with Gasteiger partial charge in [0.15, 0.2) is 0 Å². The van der Waals surface area contributed by atoms with Crippen molar-refractivity contribution in [3.63, 3.8) is 0 Å². The summed E-state index contributed by atoms with van der Waals surface area (Å²) in [5.74, 6) is -1.06. The summed E-state index contributed by atoms with van der Waals surface area (Å²) in [6.45, 7) is 0. The summed E-state index contributed by atoms with van der Waals surface area (Å²) in [7, 11) is 0. The minimum absolute atomic E-state index is 0.326. The predicted molar refractivity (Wildman–Crippen MR) is 119 cm³/mol. The van der Waals surface area contributed by atoms with Gasteiger partial charge in [-0.1, -0.05) is 72.8 Å². The van der Waals surface area contributed by atoms with Crippen LogP contribution >= 0.6 is 0 Å². The summed E-state index contributed by atoms with van der Waals surface area (Å²) < 4.78 is 17.2. The van der Waals surface area contributed by atoms with Crippen LogP contribution in [-0.4, -0.2) is 46.6 Å². The van der Waals surface area contributed by atoms with Crippen molar-refractivity contribution in [2.24, 2.45) is 0 Å². The average Bonchev–Trinajstić information content (AvgIpc) is 2.85. The summed E-state index contributed by atoms with van der Waals surface area (Å²) in [5, 5.41) is 22.4. The maximum absolute atomic E-state index is 11.9. The molecule has 2 aromatic rings. The molecule has 2 aromatic carbocycles. The number of hydrogen-bond donors (Lipinski definition) is 2. The van der Waals surface area contributed by atoms with Gasteiger partial charge in [-0.05, 0) is 11.1 Å². The fourth-order valence-corrected chi connectivity index (χ4v) is 4.05. The molecular weight excluding hydrogens is 424 g/mol. The van der Waals surface area contributed by atoms with Crippen LogP contribution in [0.5, 0.6) is 0 Å². The number of aliphatic hydroxyl groups excluding tert-OH is 2. The van der Waals surface area contributed by atoms with E-state index < -0.39 is 48.6 Å². The van der Waals surface area contributed by atoms with Crippen LogP contribution < -0.4 is 0 Å². The topological polar surface area (TPSA) is 102 Å². The van der Waals surface area contributed by atoms with Gasteiger partial charge in [-0.3, -0.25) is 0 Å². The molecule has 2 N–H and O–H groups in total. The van der Waals surface area contributed by atoms with E-state index in [-0.39, 0.29) is 0 Å². The highest BCUT2D eigenvalue weighted by molar-refractivity contribution is 5.83. The SMILES string of the molecule is O=C1C=CC[C@@H]([C@H](O)[C@@H](O[C@H]([C@@H]2CC=CC(=O)O2)[C@@H](O)c2ccccc2)c2ccccc2)O1. The molecule has 0 bridgehead atoms. The Bertz CT molecular complexity index is 1000. The van der Waals surface area contributed by atoms with Gasteiger partial charge in [-0.25, -0.2) is 9.59 Å². The first-order valence-electron chi connectivity index (χ1n) is 10.9. The molecule has 7 heteroatoms. The number of rotatable bonds is 8. The van der Waals surface area contributed by atoms with E-state index in [9.17, 15) is 19.8 Å². The van der Waals surface area contributed by atoms with Crippen molar-refractivity contribution < 1.29 is 34.0 Å². The molecule has 2 aliphatic rings. The molecule has 0 saturated heterocycles. The Morgan fingerprint density at radius 3 is 1.85 bits per heavy atom. The largest absolute Gasteiger partial charge is 0.456 e. The number of hydrogen-bond acceptors (Lipinski definition) is 7. The molecule has 0 amide bonds. The Kier molecular flexibility index (Phi) is 7.34. The van der Waals surface area contributed by atoms with E-state index in [4.69, 9.17) is 14.2 Å². The highest BCUT2D eigenvalue weighted by Crippen LogP contribution is 2.35. The predicted octanol–water partition coefficient (Wildman–Crippen LogP) is 2.95. The normalized spacial score (nSPS) is 23.8. The van der Waals surface area contributed by atoms with Crippen LogP contribution in [-0.2, 0) is 23.8 Å². The quantitative estimate of drug-likeness (QED) is 0.596. The number of carbonyl (C=O) groups is 2. The highest BCUT2D eigenvalue weighted by atomic mass is 16.6. The number of cyclic esters (lactones) is 2. The lowest BCUT2D eigenvalue weighted by Gasteiger charge is -2.37. The third-order valence-electron chi connectivity index (χ3n) is 5.72. The van der Waals surface area contributed by atoms with Crippen LogP contribution in [0.15, 0.2) is 85.0 Å². The molecule has 0 saturated carbocycles. The Labute approximate surface area is 191 Å². The summed E-state index contributed by atoms with van der Waals surface area (Å²) in [5.41, 5.74) is 1.22. The van der Waals surface area contributed by atoms with Gasteiger partial charge in [-0.2, -0.15) is 0 Å². The smallest absolute Gasteiger partial charge is 0.330 e. The molecule has 4 rings (SSSR count). The van der Waals surface area contributed by atoms with Gasteiger partial charge in [0.1, 0.15) is 36.6 Å². The van der Waals surface area contributed by atoms with Crippen molar-refractivity contribution in [1.29, 1.82) is 0 Å². The van der Waals surface area contributed by atoms with Gasteiger partial charge in [0.2, 0.25) is 0 Å². The van der Waals surface area contributed by atoms with E-state index in [2.05, 4.69) is 0 Å². The minimum Gasteiger partial charge on any atom is -0.456 e. The van der Waals surface area contributed by atoms with E-state index in [0.29, 0.717) is 24.0 Å². The molecule has 172 valence electrons. The number of esters is 2. The number of carbonyl (C=O) groups excluding carboxylic acids is 2. The average molecular weight is 450 g/mol. The lowest BCUT2D eigenvalue weighted by atomic mass is 9.94. The number of ether oxygens (including phenoxy) is 3. The molecule has 6 atom stereocenters. The molecule has 0 spiro atoms. The van der Waals surface area contributed by atoms with Gasteiger partial charge in [0, 0.05) is 25.0 Å². The molecule has 0 aromatic heterocycles. The number of benzene rings is 2. The Morgan fingerprint density at radius 2 is 1.27 bits per heavy atom. The van der Waals surface area contributed by atoms with Crippen molar-refractivity contribution in [3.8, 4) is 0 Å². The molecule has 0 radical (unpaired) electrons. The standard InChI is InChI=1S/C26H26O7/c27-21-15-7-13-19(31-21)24(30)25(18-11-5-2-6-12-18)33-26(20-14-8-16-22(28)32-20)23(29)17-9-3-1-4-10-17/h1-12,15-16,19-20,23-26,29-30H,13-14H2/t19-,20-,23-,24-,25-,26+/m0/s1.